The van der Waals surface area contributed by atoms with E-state index < -0.39 is 0 Å². The monoisotopic (exact) mass is 197 g/mol. The van der Waals surface area contributed by atoms with Crippen molar-refractivity contribution >= 4 is 0 Å². The number of nitrogens with zero attached hydrogens (tertiary/aromatic N) is 1. The quantitative estimate of drug-likeness (QED) is 0.640. The summed E-state index contributed by atoms with van der Waals surface area (Å²) >= 11 is 0. The van der Waals surface area contributed by atoms with Gasteiger partial charge in [0.1, 0.15) is 6.23 Å². The Morgan fingerprint density at radius 2 is 1.79 bits per heavy atom. The Kier molecular flexibility index (Phi) is 2.85. The molecule has 0 spiro atoms. The molecule has 0 N–H and O–H groups in total. The smallest absolute Gasteiger partial charge is 0.113 e. The van der Waals surface area contributed by atoms with Crippen LogP contribution in [0.5, 0.6) is 0 Å². The van der Waals surface area contributed by atoms with E-state index in [0.29, 0.717) is 6.23 Å². The van der Waals surface area contributed by atoms with Crippen molar-refractivity contribution < 1.29 is 4.74 Å². The summed E-state index contributed by atoms with van der Waals surface area (Å²) in [6, 6.07) is 0. The summed E-state index contributed by atoms with van der Waals surface area (Å²) < 4.78 is 5.95. The van der Waals surface area contributed by atoms with Gasteiger partial charge in [-0.2, -0.15) is 0 Å². The zero-order valence-electron chi connectivity index (χ0n) is 9.75. The first kappa shape index (κ1) is 10.4. The molecule has 0 aromatic heterocycles. The highest BCUT2D eigenvalue weighted by atomic mass is 16.5. The van der Waals surface area contributed by atoms with Crippen molar-refractivity contribution in [1.29, 1.82) is 0 Å². The highest BCUT2D eigenvalue weighted by molar-refractivity contribution is 4.90. The van der Waals surface area contributed by atoms with Gasteiger partial charge in [0.2, 0.25) is 0 Å². The van der Waals surface area contributed by atoms with E-state index in [-0.39, 0.29) is 5.54 Å². The third-order valence-electron chi connectivity index (χ3n) is 4.00. The van der Waals surface area contributed by atoms with Gasteiger partial charge in [0, 0.05) is 5.54 Å². The van der Waals surface area contributed by atoms with E-state index in [4.69, 9.17) is 4.74 Å². The molecule has 0 bridgehead atoms. The zero-order valence-corrected chi connectivity index (χ0v) is 9.75. The van der Waals surface area contributed by atoms with Crippen LogP contribution >= 0.6 is 0 Å². The van der Waals surface area contributed by atoms with Gasteiger partial charge in [0.25, 0.3) is 0 Å². The average Bonchev–Trinajstić information content (AvgIpc) is 2.44. The van der Waals surface area contributed by atoms with Crippen LogP contribution in [0.1, 0.15) is 46.0 Å². The zero-order chi connectivity index (χ0) is 10.2. The summed E-state index contributed by atoms with van der Waals surface area (Å²) in [5, 5.41) is 0. The van der Waals surface area contributed by atoms with Gasteiger partial charge in [-0.05, 0) is 39.7 Å². The summed E-state index contributed by atoms with van der Waals surface area (Å²) in [7, 11) is 2.21. The van der Waals surface area contributed by atoms with Crippen molar-refractivity contribution in [3.05, 3.63) is 0 Å². The summed E-state index contributed by atoms with van der Waals surface area (Å²) in [5.41, 5.74) is 0.238. The number of rotatable bonds is 1. The predicted molar refractivity (Wildman–Crippen MR) is 58.2 cm³/mol. The maximum Gasteiger partial charge on any atom is 0.113 e. The maximum absolute atomic E-state index is 5.95. The third-order valence-corrected chi connectivity index (χ3v) is 4.00. The summed E-state index contributed by atoms with van der Waals surface area (Å²) in [6.45, 7) is 5.44. The molecule has 1 saturated carbocycles. The van der Waals surface area contributed by atoms with Crippen molar-refractivity contribution in [2.45, 2.75) is 57.7 Å². The average molecular weight is 197 g/mol. The van der Waals surface area contributed by atoms with Gasteiger partial charge in [0.05, 0.1) is 6.61 Å². The molecule has 2 nitrogen and oxygen atoms in total. The largest absolute Gasteiger partial charge is 0.361 e. The Labute approximate surface area is 87.6 Å². The Hall–Kier alpha value is -0.0800. The van der Waals surface area contributed by atoms with Gasteiger partial charge in [-0.1, -0.05) is 19.3 Å². The molecule has 0 aromatic rings. The Balaban J connectivity index is 1.98. The van der Waals surface area contributed by atoms with Crippen molar-refractivity contribution in [1.82, 2.24) is 4.90 Å². The second kappa shape index (κ2) is 3.82. The highest BCUT2D eigenvalue weighted by Crippen LogP contribution is 2.35. The lowest BCUT2D eigenvalue weighted by molar-refractivity contribution is -0.0203. The van der Waals surface area contributed by atoms with Gasteiger partial charge in [-0.3, -0.25) is 4.90 Å². The van der Waals surface area contributed by atoms with Crippen LogP contribution in [0.4, 0.5) is 0 Å². The van der Waals surface area contributed by atoms with Crippen molar-refractivity contribution in [3.8, 4) is 0 Å². The summed E-state index contributed by atoms with van der Waals surface area (Å²) in [6.07, 6.45) is 7.36. The van der Waals surface area contributed by atoms with Crippen LogP contribution in [-0.4, -0.2) is 30.3 Å². The van der Waals surface area contributed by atoms with E-state index in [1.807, 2.05) is 0 Å². The van der Waals surface area contributed by atoms with Crippen molar-refractivity contribution in [2.75, 3.05) is 13.7 Å². The fraction of sp³-hybridized carbons (Fsp3) is 1.00. The maximum atomic E-state index is 5.95. The van der Waals surface area contributed by atoms with Crippen LogP contribution in [0.3, 0.4) is 0 Å². The first-order valence-corrected chi connectivity index (χ1v) is 5.96. The van der Waals surface area contributed by atoms with E-state index in [0.717, 1.165) is 12.5 Å². The molecule has 2 aliphatic rings. The van der Waals surface area contributed by atoms with Crippen LogP contribution in [0.15, 0.2) is 0 Å². The number of hydrogen-bond donors (Lipinski definition) is 0. The minimum atomic E-state index is 0.238. The van der Waals surface area contributed by atoms with Gasteiger partial charge in [0.15, 0.2) is 0 Å². The molecule has 2 heteroatoms. The van der Waals surface area contributed by atoms with Gasteiger partial charge < -0.3 is 4.74 Å². The Morgan fingerprint density at radius 3 is 2.29 bits per heavy atom. The SMILES string of the molecule is CN1C(C2CCCCC2)OCC1(C)C. The fourth-order valence-corrected chi connectivity index (χ4v) is 2.72. The molecule has 0 aromatic carbocycles. The molecule has 1 aliphatic heterocycles. The summed E-state index contributed by atoms with van der Waals surface area (Å²) in [5.74, 6) is 0.788. The molecule has 1 heterocycles. The van der Waals surface area contributed by atoms with Crippen LogP contribution in [0, 0.1) is 5.92 Å². The standard InChI is InChI=1S/C12H23NO/c1-12(2)9-14-11(13(12)3)10-7-5-4-6-8-10/h10-11H,4-9H2,1-3H3. The molecule has 0 radical (unpaired) electrons. The first-order valence-electron chi connectivity index (χ1n) is 5.96. The second-order valence-electron chi connectivity index (χ2n) is 5.52. The number of likely N-dealkylation sites (N-methyl/N-ethyl adjacent to an activating group) is 1. The lowest BCUT2D eigenvalue weighted by Gasteiger charge is -2.35. The molecule has 0 amide bonds. The molecular formula is C12H23NO. The van der Waals surface area contributed by atoms with Gasteiger partial charge >= 0.3 is 0 Å². The molecule has 1 saturated heterocycles. The molecule has 1 aliphatic carbocycles. The molecule has 1 atom stereocenters. The van der Waals surface area contributed by atoms with Crippen molar-refractivity contribution in [2.24, 2.45) is 5.92 Å². The third kappa shape index (κ3) is 1.82. The number of ether oxygens (including phenoxy) is 1. The Bertz CT molecular complexity index is 196. The van der Waals surface area contributed by atoms with E-state index in [1.165, 1.54) is 32.1 Å². The van der Waals surface area contributed by atoms with E-state index in [1.54, 1.807) is 0 Å². The highest BCUT2D eigenvalue weighted by Gasteiger charge is 2.41. The normalized spacial score (nSPS) is 34.9. The van der Waals surface area contributed by atoms with Crippen LogP contribution in [0.2, 0.25) is 0 Å². The molecule has 2 rings (SSSR count). The minimum absolute atomic E-state index is 0.238. The Morgan fingerprint density at radius 1 is 1.14 bits per heavy atom. The van der Waals surface area contributed by atoms with Gasteiger partial charge in [-0.25, -0.2) is 0 Å². The molecule has 2 fully saturated rings. The predicted octanol–water partition coefficient (Wildman–Crippen LogP) is 2.63. The fourth-order valence-electron chi connectivity index (χ4n) is 2.72. The van der Waals surface area contributed by atoms with Crippen molar-refractivity contribution in [3.63, 3.8) is 0 Å². The first-order chi connectivity index (χ1) is 6.61. The second-order valence-corrected chi connectivity index (χ2v) is 5.52. The van der Waals surface area contributed by atoms with Crippen LogP contribution < -0.4 is 0 Å². The van der Waals surface area contributed by atoms with Crippen LogP contribution in [-0.2, 0) is 4.74 Å². The summed E-state index contributed by atoms with van der Waals surface area (Å²) in [4.78, 5) is 2.43. The molecule has 82 valence electrons. The molecule has 1 unspecified atom stereocenters. The lowest BCUT2D eigenvalue weighted by atomic mass is 9.87. The van der Waals surface area contributed by atoms with Gasteiger partial charge in [-0.15, -0.1) is 0 Å². The van der Waals surface area contributed by atoms with E-state index in [9.17, 15) is 0 Å². The lowest BCUT2D eigenvalue weighted by Crippen LogP contribution is -2.44. The van der Waals surface area contributed by atoms with E-state index in [2.05, 4.69) is 25.8 Å². The molecular weight excluding hydrogens is 174 g/mol. The topological polar surface area (TPSA) is 12.5 Å². The van der Waals surface area contributed by atoms with E-state index >= 15 is 0 Å². The number of hydrogen-bond acceptors (Lipinski definition) is 2. The van der Waals surface area contributed by atoms with Crippen LogP contribution in [0.25, 0.3) is 0 Å². The molecule has 14 heavy (non-hydrogen) atoms. The minimum Gasteiger partial charge on any atom is -0.361 e.